The fourth-order valence-electron chi connectivity index (χ4n) is 3.47. The molecule has 0 aliphatic carbocycles. The smallest absolute Gasteiger partial charge is 0.227 e. The quantitative estimate of drug-likeness (QED) is 0.379. The summed E-state index contributed by atoms with van der Waals surface area (Å²) in [5, 5.41) is 6.61. The number of benzene rings is 2. The predicted octanol–water partition coefficient (Wildman–Crippen LogP) is 4.69. The van der Waals surface area contributed by atoms with Gasteiger partial charge in [0.1, 0.15) is 5.75 Å². The van der Waals surface area contributed by atoms with Crippen molar-refractivity contribution in [2.75, 3.05) is 57.3 Å². The fraction of sp³-hybridized carbons (Fsp3) is 0.250. The number of hydrogen-bond donors (Lipinski definition) is 2. The highest BCUT2D eigenvalue weighted by atomic mass is 32.1. The van der Waals surface area contributed by atoms with Crippen LogP contribution in [0.25, 0.3) is 21.3 Å². The summed E-state index contributed by atoms with van der Waals surface area (Å²) in [6.07, 6.45) is 1.75. The summed E-state index contributed by atoms with van der Waals surface area (Å²) in [5.41, 5.74) is 10.6. The highest BCUT2D eigenvalue weighted by Gasteiger charge is 2.14. The molecule has 0 atom stereocenters. The molecule has 2 aromatic carbocycles. The molecule has 0 fully saturated rings. The lowest BCUT2D eigenvalue weighted by Crippen LogP contribution is -2.29. The Kier molecular flexibility index (Phi) is 6.43. The zero-order valence-corrected chi connectivity index (χ0v) is 19.6. The van der Waals surface area contributed by atoms with E-state index in [1.54, 1.807) is 24.6 Å². The highest BCUT2D eigenvalue weighted by molar-refractivity contribution is 7.17. The van der Waals surface area contributed by atoms with Crippen molar-refractivity contribution in [3.63, 3.8) is 0 Å². The Bertz CT molecular complexity index is 1220. The first-order chi connectivity index (χ1) is 15.4. The molecule has 0 amide bonds. The number of methoxy groups -OCH3 is 1. The molecule has 2 heterocycles. The SMILES string of the molecule is COc1cc(N(C)CCN(C)C)c(N)cc1Nc1nccc(-c2ccc3ccsc3c2)n1. The molecule has 0 aliphatic heterocycles. The Morgan fingerprint density at radius 2 is 1.91 bits per heavy atom. The first-order valence-corrected chi connectivity index (χ1v) is 11.2. The third-order valence-electron chi connectivity index (χ3n) is 5.30. The van der Waals surface area contributed by atoms with Gasteiger partial charge in [-0.2, -0.15) is 0 Å². The molecule has 0 spiro atoms. The van der Waals surface area contributed by atoms with Crippen molar-refractivity contribution < 1.29 is 4.74 Å². The highest BCUT2D eigenvalue weighted by Crippen LogP contribution is 2.36. The number of nitrogens with zero attached hydrogens (tertiary/aromatic N) is 4. The van der Waals surface area contributed by atoms with E-state index in [1.807, 2.05) is 25.2 Å². The van der Waals surface area contributed by atoms with Crippen molar-refractivity contribution in [1.29, 1.82) is 0 Å². The first kappa shape index (κ1) is 21.9. The normalized spacial score (nSPS) is 11.2. The van der Waals surface area contributed by atoms with Crippen LogP contribution in [0.1, 0.15) is 0 Å². The van der Waals surface area contributed by atoms with Gasteiger partial charge in [-0.15, -0.1) is 11.3 Å². The number of aromatic nitrogens is 2. The minimum atomic E-state index is 0.486. The van der Waals surface area contributed by atoms with Gasteiger partial charge in [-0.3, -0.25) is 0 Å². The Morgan fingerprint density at radius 1 is 1.06 bits per heavy atom. The van der Waals surface area contributed by atoms with Crippen molar-refractivity contribution in [3.05, 3.63) is 54.0 Å². The number of nitrogen functional groups attached to an aromatic ring is 1. The average Bonchev–Trinajstić information content (AvgIpc) is 3.26. The molecular formula is C24H28N6OS. The summed E-state index contributed by atoms with van der Waals surface area (Å²) in [6.45, 7) is 1.78. The average molecular weight is 449 g/mol. The molecular weight excluding hydrogens is 420 g/mol. The Morgan fingerprint density at radius 3 is 2.69 bits per heavy atom. The Labute approximate surface area is 192 Å². The van der Waals surface area contributed by atoms with Crippen LogP contribution >= 0.6 is 11.3 Å². The van der Waals surface area contributed by atoms with Crippen LogP contribution in [0.3, 0.4) is 0 Å². The van der Waals surface area contributed by atoms with Crippen molar-refractivity contribution in [2.24, 2.45) is 0 Å². The van der Waals surface area contributed by atoms with Gasteiger partial charge in [-0.1, -0.05) is 12.1 Å². The minimum Gasteiger partial charge on any atom is -0.494 e. The first-order valence-electron chi connectivity index (χ1n) is 10.4. The molecule has 0 unspecified atom stereocenters. The molecule has 32 heavy (non-hydrogen) atoms. The van der Waals surface area contributed by atoms with Crippen LogP contribution in [0, 0.1) is 0 Å². The number of hydrogen-bond acceptors (Lipinski definition) is 8. The maximum absolute atomic E-state index is 6.38. The van der Waals surface area contributed by atoms with Crippen molar-refractivity contribution >= 4 is 44.4 Å². The number of nitrogens with one attached hydrogen (secondary N) is 1. The third kappa shape index (κ3) is 4.76. The van der Waals surface area contributed by atoms with Gasteiger partial charge in [0.2, 0.25) is 5.95 Å². The minimum absolute atomic E-state index is 0.486. The lowest BCUT2D eigenvalue weighted by molar-refractivity contribution is 0.413. The number of ether oxygens (including phenoxy) is 1. The fourth-order valence-corrected chi connectivity index (χ4v) is 4.30. The molecule has 0 radical (unpaired) electrons. The Balaban J connectivity index is 1.59. The van der Waals surface area contributed by atoms with Gasteiger partial charge < -0.3 is 25.6 Å². The van der Waals surface area contributed by atoms with E-state index in [4.69, 9.17) is 15.5 Å². The summed E-state index contributed by atoms with van der Waals surface area (Å²) in [7, 11) is 7.78. The third-order valence-corrected chi connectivity index (χ3v) is 6.18. The van der Waals surface area contributed by atoms with Crippen molar-refractivity contribution in [3.8, 4) is 17.0 Å². The lowest BCUT2D eigenvalue weighted by atomic mass is 10.1. The zero-order chi connectivity index (χ0) is 22.7. The maximum atomic E-state index is 6.38. The second-order valence-corrected chi connectivity index (χ2v) is 8.85. The van der Waals surface area contributed by atoms with E-state index >= 15 is 0 Å². The van der Waals surface area contributed by atoms with Crippen molar-refractivity contribution in [1.82, 2.24) is 14.9 Å². The number of likely N-dealkylation sites (N-methyl/N-ethyl adjacent to an activating group) is 2. The van der Waals surface area contributed by atoms with E-state index in [0.29, 0.717) is 17.4 Å². The van der Waals surface area contributed by atoms with Gasteiger partial charge in [-0.05, 0) is 49.1 Å². The number of nitrogens with two attached hydrogens (primary N) is 1. The topological polar surface area (TPSA) is 79.5 Å². The number of thiophene rings is 1. The summed E-state index contributed by atoms with van der Waals surface area (Å²) >= 11 is 1.72. The van der Waals surface area contributed by atoms with Crippen LogP contribution in [-0.4, -0.2) is 56.2 Å². The van der Waals surface area contributed by atoms with E-state index in [1.165, 1.54) is 10.1 Å². The number of anilines is 4. The van der Waals surface area contributed by atoms with E-state index in [9.17, 15) is 0 Å². The number of rotatable bonds is 8. The molecule has 0 aliphatic rings. The molecule has 166 valence electrons. The van der Waals surface area contributed by atoms with Gasteiger partial charge in [0.05, 0.1) is 29.9 Å². The van der Waals surface area contributed by atoms with Crippen LogP contribution in [-0.2, 0) is 0 Å². The van der Waals surface area contributed by atoms with Gasteiger partial charge in [0.25, 0.3) is 0 Å². The molecule has 3 N–H and O–H groups in total. The zero-order valence-electron chi connectivity index (χ0n) is 18.8. The molecule has 7 nitrogen and oxygen atoms in total. The van der Waals surface area contributed by atoms with Crippen LogP contribution in [0.4, 0.5) is 23.0 Å². The van der Waals surface area contributed by atoms with Crippen LogP contribution in [0.2, 0.25) is 0 Å². The van der Waals surface area contributed by atoms with Gasteiger partial charge >= 0.3 is 0 Å². The molecule has 4 rings (SSSR count). The monoisotopic (exact) mass is 448 g/mol. The largest absolute Gasteiger partial charge is 0.494 e. The maximum Gasteiger partial charge on any atom is 0.227 e. The van der Waals surface area contributed by atoms with E-state index in [2.05, 4.69) is 63.8 Å². The molecule has 0 saturated carbocycles. The summed E-state index contributed by atoms with van der Waals surface area (Å²) < 4.78 is 6.87. The standard InChI is InChI=1S/C24H28N6OS/c1-29(2)10-11-30(3)21-15-22(31-4)20(14-18(21)25)28-24-26-9-7-19(27-24)17-6-5-16-8-12-32-23(16)13-17/h5-9,12-15H,10-11,25H2,1-4H3,(H,26,27,28). The number of fused-ring (bicyclic) bond motifs is 1. The van der Waals surface area contributed by atoms with E-state index < -0.39 is 0 Å². The van der Waals surface area contributed by atoms with Gasteiger partial charge in [0, 0.05) is 42.7 Å². The molecule has 0 saturated heterocycles. The second-order valence-electron chi connectivity index (χ2n) is 7.90. The van der Waals surface area contributed by atoms with Gasteiger partial charge in [-0.25, -0.2) is 9.97 Å². The molecule has 0 bridgehead atoms. The van der Waals surface area contributed by atoms with E-state index in [0.717, 1.165) is 35.7 Å². The molecule has 2 aromatic heterocycles. The predicted molar refractivity (Wildman–Crippen MR) is 135 cm³/mol. The Hall–Kier alpha value is -3.36. The summed E-state index contributed by atoms with van der Waals surface area (Å²) in [5.74, 6) is 1.17. The second kappa shape index (κ2) is 9.42. The molecule has 4 aromatic rings. The van der Waals surface area contributed by atoms with Gasteiger partial charge in [0.15, 0.2) is 0 Å². The van der Waals surface area contributed by atoms with Crippen LogP contribution < -0.4 is 20.7 Å². The summed E-state index contributed by atoms with van der Waals surface area (Å²) in [6, 6.07) is 14.2. The van der Waals surface area contributed by atoms with Crippen molar-refractivity contribution in [2.45, 2.75) is 0 Å². The summed E-state index contributed by atoms with van der Waals surface area (Å²) in [4.78, 5) is 13.4. The van der Waals surface area contributed by atoms with Crippen LogP contribution in [0.5, 0.6) is 5.75 Å². The lowest BCUT2D eigenvalue weighted by Gasteiger charge is -2.24. The van der Waals surface area contributed by atoms with Crippen LogP contribution in [0.15, 0.2) is 54.0 Å². The van der Waals surface area contributed by atoms with E-state index in [-0.39, 0.29) is 0 Å². The molecule has 8 heteroatoms.